The van der Waals surface area contributed by atoms with Gasteiger partial charge in [0.1, 0.15) is 5.82 Å². The number of anilines is 1. The monoisotopic (exact) mass is 356 g/mol. The van der Waals surface area contributed by atoms with Gasteiger partial charge < -0.3 is 15.1 Å². The fourth-order valence-electron chi connectivity index (χ4n) is 3.60. The maximum absolute atomic E-state index is 12.3. The van der Waals surface area contributed by atoms with Crippen LogP contribution in [0, 0.1) is 0 Å². The Labute approximate surface area is 144 Å². The lowest BCUT2D eigenvalue weighted by atomic mass is 9.87. The number of carbonyl (C=O) groups excluding carboxylic acids is 1. The molecule has 1 aliphatic heterocycles. The van der Waals surface area contributed by atoms with Crippen molar-refractivity contribution >= 4 is 36.3 Å². The Balaban J connectivity index is 1.88. The highest BCUT2D eigenvalue weighted by atomic mass is 31.2. The standard InChI is InChI=1S/C18H17N2O4P/c21-18-15(14-6-3-9-19-17(14)20-18)10-11-7-8-16(25(22,23)24)13-5-2-1-4-12(11)13/h3,6-10H,1-2,4-5H2,(H,19,20,21)(H2,22,23,24). The van der Waals surface area contributed by atoms with Gasteiger partial charge in [-0.05, 0) is 66.6 Å². The van der Waals surface area contributed by atoms with Crippen LogP contribution < -0.4 is 10.6 Å². The number of benzene rings is 1. The number of nitrogens with zero attached hydrogens (tertiary/aromatic N) is 1. The third-order valence-corrected chi connectivity index (χ3v) is 5.78. The van der Waals surface area contributed by atoms with E-state index in [2.05, 4.69) is 10.3 Å². The number of nitrogens with one attached hydrogen (secondary N) is 1. The van der Waals surface area contributed by atoms with Crippen LogP contribution in [0.15, 0.2) is 30.5 Å². The van der Waals surface area contributed by atoms with Crippen LogP contribution in [-0.2, 0) is 22.2 Å². The minimum Gasteiger partial charge on any atom is -0.321 e. The van der Waals surface area contributed by atoms with Crippen molar-refractivity contribution in [3.05, 3.63) is 52.7 Å². The summed E-state index contributed by atoms with van der Waals surface area (Å²) in [5.41, 5.74) is 3.79. The Kier molecular flexibility index (Phi) is 3.84. The zero-order valence-corrected chi connectivity index (χ0v) is 14.3. The van der Waals surface area contributed by atoms with E-state index in [9.17, 15) is 19.1 Å². The van der Waals surface area contributed by atoms with Crippen LogP contribution in [0.1, 0.15) is 35.1 Å². The van der Waals surface area contributed by atoms with Gasteiger partial charge in [0.05, 0.1) is 10.9 Å². The van der Waals surface area contributed by atoms with E-state index in [1.165, 1.54) is 6.07 Å². The normalized spacial score (nSPS) is 18.0. The largest absolute Gasteiger partial charge is 0.356 e. The van der Waals surface area contributed by atoms with E-state index in [1.807, 2.05) is 6.07 Å². The lowest BCUT2D eigenvalue weighted by Gasteiger charge is -2.22. The van der Waals surface area contributed by atoms with Crippen molar-refractivity contribution < 1.29 is 19.1 Å². The summed E-state index contributed by atoms with van der Waals surface area (Å²) in [5, 5.41) is 2.85. The van der Waals surface area contributed by atoms with Gasteiger partial charge in [-0.3, -0.25) is 9.36 Å². The van der Waals surface area contributed by atoms with Crippen LogP contribution in [0.2, 0.25) is 0 Å². The number of hydrogen-bond donors (Lipinski definition) is 3. The van der Waals surface area contributed by atoms with Gasteiger partial charge in [0.15, 0.2) is 0 Å². The van der Waals surface area contributed by atoms with Crippen LogP contribution in [0.25, 0.3) is 11.6 Å². The van der Waals surface area contributed by atoms with Crippen molar-refractivity contribution in [3.63, 3.8) is 0 Å². The fourth-order valence-corrected chi connectivity index (χ4v) is 4.47. The van der Waals surface area contributed by atoms with Crippen molar-refractivity contribution in [1.82, 2.24) is 4.98 Å². The van der Waals surface area contributed by atoms with Gasteiger partial charge in [0.25, 0.3) is 5.91 Å². The predicted molar refractivity (Wildman–Crippen MR) is 95.5 cm³/mol. The molecule has 1 aromatic carbocycles. The molecule has 128 valence electrons. The summed E-state index contributed by atoms with van der Waals surface area (Å²) in [6, 6.07) is 6.81. The van der Waals surface area contributed by atoms with E-state index < -0.39 is 7.60 Å². The molecule has 1 aromatic heterocycles. The molecule has 0 saturated carbocycles. The Bertz CT molecular complexity index is 962. The number of pyridine rings is 1. The third-order valence-electron chi connectivity index (χ3n) is 4.73. The molecule has 0 radical (unpaired) electrons. The average Bonchev–Trinajstić information content (AvgIpc) is 2.90. The molecule has 6 nitrogen and oxygen atoms in total. The summed E-state index contributed by atoms with van der Waals surface area (Å²) in [5.74, 6) is 0.330. The fraction of sp³-hybridized carbons (Fsp3) is 0.222. The van der Waals surface area contributed by atoms with Gasteiger partial charge >= 0.3 is 7.60 Å². The van der Waals surface area contributed by atoms with Crippen molar-refractivity contribution in [2.45, 2.75) is 25.7 Å². The number of hydrogen-bond acceptors (Lipinski definition) is 3. The lowest BCUT2D eigenvalue weighted by Crippen LogP contribution is -2.18. The molecule has 0 saturated heterocycles. The van der Waals surface area contributed by atoms with Crippen LogP contribution in [-0.4, -0.2) is 20.7 Å². The molecular formula is C18H17N2O4P. The minimum absolute atomic E-state index is 0.113. The maximum atomic E-state index is 12.3. The van der Waals surface area contributed by atoms with Gasteiger partial charge in [0.2, 0.25) is 0 Å². The second kappa shape index (κ2) is 5.92. The van der Waals surface area contributed by atoms with Crippen LogP contribution in [0.3, 0.4) is 0 Å². The first-order valence-corrected chi connectivity index (χ1v) is 9.75. The van der Waals surface area contributed by atoms with Crippen LogP contribution in [0.4, 0.5) is 5.82 Å². The van der Waals surface area contributed by atoms with Crippen LogP contribution >= 0.6 is 7.60 Å². The minimum atomic E-state index is -4.31. The van der Waals surface area contributed by atoms with Crippen molar-refractivity contribution in [2.75, 3.05) is 5.32 Å². The average molecular weight is 356 g/mol. The second-order valence-corrected chi connectivity index (χ2v) is 7.86. The molecule has 0 bridgehead atoms. The maximum Gasteiger partial charge on any atom is 0.356 e. The SMILES string of the molecule is O=C1Nc2ncccc2C1=Cc1ccc(P(=O)(O)O)c2c1CCCC2. The van der Waals surface area contributed by atoms with Gasteiger partial charge in [-0.1, -0.05) is 6.07 Å². The summed E-state index contributed by atoms with van der Waals surface area (Å²) in [6.07, 6.45) is 6.71. The van der Waals surface area contributed by atoms with E-state index >= 15 is 0 Å². The quantitative estimate of drug-likeness (QED) is 0.566. The molecule has 1 aliphatic carbocycles. The highest BCUT2D eigenvalue weighted by molar-refractivity contribution is 7.60. The van der Waals surface area contributed by atoms with E-state index in [0.29, 0.717) is 17.8 Å². The third kappa shape index (κ3) is 2.82. The Morgan fingerprint density at radius 3 is 2.64 bits per heavy atom. The molecule has 2 heterocycles. The van der Waals surface area contributed by atoms with Gasteiger partial charge in [0, 0.05) is 11.8 Å². The molecule has 1 amide bonds. The summed E-state index contributed by atoms with van der Waals surface area (Å²) in [6.45, 7) is 0. The topological polar surface area (TPSA) is 99.5 Å². The molecule has 7 heteroatoms. The van der Waals surface area contributed by atoms with E-state index in [0.717, 1.165) is 41.5 Å². The first-order valence-electron chi connectivity index (χ1n) is 8.14. The van der Waals surface area contributed by atoms with Gasteiger partial charge in [-0.2, -0.15) is 0 Å². The summed E-state index contributed by atoms with van der Waals surface area (Å²) in [7, 11) is -4.31. The van der Waals surface area contributed by atoms with E-state index in [4.69, 9.17) is 0 Å². The number of fused-ring (bicyclic) bond motifs is 2. The van der Waals surface area contributed by atoms with Crippen molar-refractivity contribution in [2.24, 2.45) is 0 Å². The van der Waals surface area contributed by atoms with Crippen molar-refractivity contribution in [1.29, 1.82) is 0 Å². The molecule has 0 spiro atoms. The highest BCUT2D eigenvalue weighted by Crippen LogP contribution is 2.39. The highest BCUT2D eigenvalue weighted by Gasteiger charge is 2.28. The van der Waals surface area contributed by atoms with Crippen LogP contribution in [0.5, 0.6) is 0 Å². The Hall–Kier alpha value is -2.27. The van der Waals surface area contributed by atoms with E-state index in [-0.39, 0.29) is 11.2 Å². The molecule has 0 atom stereocenters. The van der Waals surface area contributed by atoms with Gasteiger partial charge in [-0.15, -0.1) is 0 Å². The van der Waals surface area contributed by atoms with Crippen molar-refractivity contribution in [3.8, 4) is 0 Å². The molecule has 4 rings (SSSR count). The number of amides is 1. The number of carbonyl (C=O) groups is 1. The molecule has 25 heavy (non-hydrogen) atoms. The molecule has 2 aromatic rings. The summed E-state index contributed by atoms with van der Waals surface area (Å²) < 4.78 is 11.8. The Morgan fingerprint density at radius 2 is 1.88 bits per heavy atom. The summed E-state index contributed by atoms with van der Waals surface area (Å²) in [4.78, 5) is 35.7. The first-order chi connectivity index (χ1) is 11.9. The molecular weight excluding hydrogens is 339 g/mol. The predicted octanol–water partition coefficient (Wildman–Crippen LogP) is 2.26. The Morgan fingerprint density at radius 1 is 1.12 bits per heavy atom. The zero-order valence-electron chi connectivity index (χ0n) is 13.4. The smallest absolute Gasteiger partial charge is 0.321 e. The molecule has 0 fully saturated rings. The molecule has 2 aliphatic rings. The number of aromatic nitrogens is 1. The zero-order chi connectivity index (χ0) is 17.6. The molecule has 0 unspecified atom stereocenters. The lowest BCUT2D eigenvalue weighted by molar-refractivity contribution is -0.110. The number of rotatable bonds is 2. The first kappa shape index (κ1) is 16.2. The summed E-state index contributed by atoms with van der Waals surface area (Å²) >= 11 is 0. The second-order valence-electron chi connectivity index (χ2n) is 6.29. The van der Waals surface area contributed by atoms with E-state index in [1.54, 1.807) is 24.4 Å². The van der Waals surface area contributed by atoms with Gasteiger partial charge in [-0.25, -0.2) is 4.98 Å². The molecule has 3 N–H and O–H groups in total.